The fourth-order valence-corrected chi connectivity index (χ4v) is 1.11. The Kier molecular flexibility index (Phi) is 3.33. The highest BCUT2D eigenvalue weighted by Gasteiger charge is 2.18. The van der Waals surface area contributed by atoms with E-state index in [1.165, 1.54) is 12.1 Å². The average Bonchev–Trinajstić information content (AvgIpc) is 2.08. The van der Waals surface area contributed by atoms with Gasteiger partial charge in [0.2, 0.25) is 0 Å². The van der Waals surface area contributed by atoms with Gasteiger partial charge in [-0.05, 0) is 33.6 Å². The Morgan fingerprint density at radius 3 is 2.38 bits per heavy atom. The fraction of sp³-hybridized carbons (Fsp3) is 0.250. The van der Waals surface area contributed by atoms with Gasteiger partial charge >= 0.3 is 0 Å². The predicted octanol–water partition coefficient (Wildman–Crippen LogP) is 2.85. The number of rotatable bonds is 2. The molecule has 0 spiro atoms. The summed E-state index contributed by atoms with van der Waals surface area (Å²) in [6.45, 7) is 0. The third kappa shape index (κ3) is 2.45. The van der Waals surface area contributed by atoms with Gasteiger partial charge in [0, 0.05) is 0 Å². The molecule has 2 N–H and O–H groups in total. The highest BCUT2D eigenvalue weighted by molar-refractivity contribution is 9.10. The average molecular weight is 254 g/mol. The first-order valence-electron chi connectivity index (χ1n) is 3.51. The minimum Gasteiger partial charge on any atom is -0.319 e. The number of halogens is 4. The zero-order valence-corrected chi connectivity index (χ0v) is 8.06. The van der Waals surface area contributed by atoms with Crippen molar-refractivity contribution in [2.24, 2.45) is 5.73 Å². The Balaban J connectivity index is 2.97. The summed E-state index contributed by atoms with van der Waals surface area (Å²) in [7, 11) is 0. The molecule has 72 valence electrons. The molecule has 0 saturated carbocycles. The molecule has 1 nitrogen and oxygen atoms in total. The van der Waals surface area contributed by atoms with Gasteiger partial charge in [-0.2, -0.15) is 0 Å². The summed E-state index contributed by atoms with van der Waals surface area (Å²) in [5, 5.41) is 0. The molecule has 0 aliphatic carbocycles. The molecule has 0 bridgehead atoms. The molecule has 13 heavy (non-hydrogen) atoms. The Morgan fingerprint density at radius 1 is 1.31 bits per heavy atom. The zero-order chi connectivity index (χ0) is 10.0. The van der Waals surface area contributed by atoms with E-state index in [2.05, 4.69) is 15.9 Å². The molecule has 1 atom stereocenters. The van der Waals surface area contributed by atoms with Crippen LogP contribution in [0.4, 0.5) is 13.2 Å². The van der Waals surface area contributed by atoms with Gasteiger partial charge in [-0.3, -0.25) is 0 Å². The molecule has 1 unspecified atom stereocenters. The van der Waals surface area contributed by atoms with Crippen LogP contribution in [-0.2, 0) is 0 Å². The molecule has 1 aromatic carbocycles. The monoisotopic (exact) mass is 253 g/mol. The number of alkyl halides is 2. The lowest BCUT2D eigenvalue weighted by Gasteiger charge is -2.10. The van der Waals surface area contributed by atoms with Gasteiger partial charge in [0.15, 0.2) is 0 Å². The van der Waals surface area contributed by atoms with Crippen LogP contribution in [0.2, 0.25) is 0 Å². The van der Waals surface area contributed by atoms with E-state index in [0.29, 0.717) is 0 Å². The Morgan fingerprint density at radius 2 is 1.92 bits per heavy atom. The number of nitrogens with two attached hydrogens (primary N) is 1. The van der Waals surface area contributed by atoms with Crippen LogP contribution in [0.15, 0.2) is 22.7 Å². The van der Waals surface area contributed by atoms with Crippen LogP contribution < -0.4 is 5.73 Å². The van der Waals surface area contributed by atoms with E-state index in [1.807, 2.05) is 0 Å². The second kappa shape index (κ2) is 4.11. The summed E-state index contributed by atoms with van der Waals surface area (Å²) < 4.78 is 37.3. The van der Waals surface area contributed by atoms with Crippen molar-refractivity contribution in [3.8, 4) is 0 Å². The van der Waals surface area contributed by atoms with Gasteiger partial charge in [-0.15, -0.1) is 0 Å². The Bertz CT molecular complexity index is 303. The molecule has 0 aromatic heterocycles. The number of hydrogen-bond acceptors (Lipinski definition) is 1. The summed E-state index contributed by atoms with van der Waals surface area (Å²) in [6.07, 6.45) is -2.68. The van der Waals surface area contributed by atoms with Crippen LogP contribution >= 0.6 is 15.9 Å². The third-order valence-corrected chi connectivity index (χ3v) is 2.24. The molecule has 0 heterocycles. The maximum atomic E-state index is 12.9. The molecule has 0 aliphatic rings. The molecule has 0 amide bonds. The van der Waals surface area contributed by atoms with Crippen LogP contribution in [-0.4, -0.2) is 6.43 Å². The van der Waals surface area contributed by atoms with E-state index >= 15 is 0 Å². The second-order valence-corrected chi connectivity index (χ2v) is 3.39. The molecule has 0 radical (unpaired) electrons. The summed E-state index contributed by atoms with van der Waals surface area (Å²) in [4.78, 5) is 0. The third-order valence-electron chi connectivity index (χ3n) is 1.60. The smallest absolute Gasteiger partial charge is 0.257 e. The summed E-state index contributed by atoms with van der Waals surface area (Å²) in [5.74, 6) is -0.589. The first-order valence-corrected chi connectivity index (χ1v) is 4.30. The van der Waals surface area contributed by atoms with Crippen molar-refractivity contribution in [3.05, 3.63) is 34.1 Å². The Hall–Kier alpha value is -0.550. The fourth-order valence-electron chi connectivity index (χ4n) is 0.865. The van der Waals surface area contributed by atoms with E-state index in [4.69, 9.17) is 5.73 Å². The molecular weight excluding hydrogens is 247 g/mol. The zero-order valence-electron chi connectivity index (χ0n) is 6.48. The van der Waals surface area contributed by atoms with Gasteiger partial charge in [0.1, 0.15) is 5.82 Å². The van der Waals surface area contributed by atoms with Crippen molar-refractivity contribution in [2.45, 2.75) is 12.5 Å². The van der Waals surface area contributed by atoms with Crippen molar-refractivity contribution in [2.75, 3.05) is 0 Å². The first-order chi connectivity index (χ1) is 6.02. The molecule has 0 saturated heterocycles. The van der Waals surface area contributed by atoms with E-state index in [0.717, 1.165) is 6.07 Å². The van der Waals surface area contributed by atoms with E-state index < -0.39 is 18.3 Å². The molecule has 1 aromatic rings. The van der Waals surface area contributed by atoms with Gasteiger partial charge in [-0.25, -0.2) is 13.2 Å². The van der Waals surface area contributed by atoms with Crippen molar-refractivity contribution < 1.29 is 13.2 Å². The van der Waals surface area contributed by atoms with Crippen LogP contribution in [0.5, 0.6) is 0 Å². The maximum absolute atomic E-state index is 12.9. The van der Waals surface area contributed by atoms with Crippen molar-refractivity contribution in [1.29, 1.82) is 0 Å². The topological polar surface area (TPSA) is 26.0 Å². The largest absolute Gasteiger partial charge is 0.319 e. The van der Waals surface area contributed by atoms with Gasteiger partial charge < -0.3 is 5.73 Å². The minimum atomic E-state index is -2.68. The van der Waals surface area contributed by atoms with E-state index in [9.17, 15) is 13.2 Å². The summed E-state index contributed by atoms with van der Waals surface area (Å²) in [6, 6.07) is 2.29. The van der Waals surface area contributed by atoms with Crippen molar-refractivity contribution >= 4 is 15.9 Å². The lowest BCUT2D eigenvalue weighted by atomic mass is 10.1. The van der Waals surface area contributed by atoms with Crippen molar-refractivity contribution in [3.63, 3.8) is 0 Å². The lowest BCUT2D eigenvalue weighted by molar-refractivity contribution is 0.116. The number of hydrogen-bond donors (Lipinski definition) is 1. The van der Waals surface area contributed by atoms with Gasteiger partial charge in [0.25, 0.3) is 6.43 Å². The first kappa shape index (κ1) is 10.5. The van der Waals surface area contributed by atoms with Crippen LogP contribution in [0, 0.1) is 5.82 Å². The normalized spacial score (nSPS) is 13.4. The highest BCUT2D eigenvalue weighted by atomic mass is 79.9. The minimum absolute atomic E-state index is 0.0932. The Labute approximate surface area is 81.9 Å². The van der Waals surface area contributed by atoms with Crippen molar-refractivity contribution in [1.82, 2.24) is 0 Å². The standard InChI is InChI=1S/C8H7BrF3N/c9-5-2-1-4(3-6(5)10)7(13)8(11)12/h1-3,7-8H,13H2. The maximum Gasteiger partial charge on any atom is 0.257 e. The molecule has 1 rings (SSSR count). The SMILES string of the molecule is NC(c1ccc(Br)c(F)c1)C(F)F. The highest BCUT2D eigenvalue weighted by Crippen LogP contribution is 2.22. The summed E-state index contributed by atoms with van der Waals surface area (Å²) >= 11 is 2.91. The molecule has 0 fully saturated rings. The summed E-state index contributed by atoms with van der Waals surface area (Å²) in [5.41, 5.74) is 5.22. The molecule has 5 heteroatoms. The van der Waals surface area contributed by atoms with Crippen LogP contribution in [0.1, 0.15) is 11.6 Å². The molecular formula is C8H7BrF3N. The second-order valence-electron chi connectivity index (χ2n) is 2.53. The van der Waals surface area contributed by atoms with E-state index in [1.54, 1.807) is 0 Å². The number of benzene rings is 1. The van der Waals surface area contributed by atoms with Gasteiger partial charge in [-0.1, -0.05) is 6.07 Å². The lowest BCUT2D eigenvalue weighted by Crippen LogP contribution is -2.18. The molecule has 0 aliphatic heterocycles. The van der Waals surface area contributed by atoms with Crippen LogP contribution in [0.3, 0.4) is 0 Å². The van der Waals surface area contributed by atoms with Crippen LogP contribution in [0.25, 0.3) is 0 Å². The van der Waals surface area contributed by atoms with E-state index in [-0.39, 0.29) is 10.0 Å². The van der Waals surface area contributed by atoms with Gasteiger partial charge in [0.05, 0.1) is 10.5 Å². The predicted molar refractivity (Wildman–Crippen MR) is 47.0 cm³/mol. The quantitative estimate of drug-likeness (QED) is 0.862.